The normalized spacial score (nSPS) is 21.9. The van der Waals surface area contributed by atoms with Crippen LogP contribution in [0.15, 0.2) is 48.5 Å². The second kappa shape index (κ2) is 8.16. The Hall–Kier alpha value is -2.17. The molecule has 0 spiro atoms. The van der Waals surface area contributed by atoms with E-state index in [2.05, 4.69) is 70.9 Å². The SMILES string of the molecule is CC(C)N1Cc2cc(Cl)ccc2-n2c(nnc2[C@H]2CC[C@H](c3ccccc3)CC2)C1. The summed E-state index contributed by atoms with van der Waals surface area (Å²) in [5.74, 6) is 3.30. The number of hydrogen-bond acceptors (Lipinski definition) is 3. The van der Waals surface area contributed by atoms with Gasteiger partial charge in [0.15, 0.2) is 5.82 Å². The summed E-state index contributed by atoms with van der Waals surface area (Å²) < 4.78 is 2.33. The molecule has 3 aromatic rings. The van der Waals surface area contributed by atoms with Crippen LogP contribution in [0.3, 0.4) is 0 Å². The van der Waals surface area contributed by atoms with Gasteiger partial charge in [-0.1, -0.05) is 41.9 Å². The minimum atomic E-state index is 0.435. The monoisotopic (exact) mass is 420 g/mol. The Morgan fingerprint density at radius 1 is 0.900 bits per heavy atom. The third-order valence-electron chi connectivity index (χ3n) is 6.85. The van der Waals surface area contributed by atoms with Gasteiger partial charge in [0.2, 0.25) is 0 Å². The molecule has 0 amide bonds. The van der Waals surface area contributed by atoms with Crippen molar-refractivity contribution in [1.82, 2.24) is 19.7 Å². The van der Waals surface area contributed by atoms with Gasteiger partial charge in [0.05, 0.1) is 12.2 Å². The first kappa shape index (κ1) is 19.8. The fourth-order valence-electron chi connectivity index (χ4n) is 5.09. The number of aromatic nitrogens is 3. The van der Waals surface area contributed by atoms with E-state index in [1.807, 2.05) is 6.07 Å². The van der Waals surface area contributed by atoms with Crippen molar-refractivity contribution >= 4 is 11.6 Å². The summed E-state index contributed by atoms with van der Waals surface area (Å²) in [4.78, 5) is 2.44. The number of fused-ring (bicyclic) bond motifs is 3. The fourth-order valence-corrected chi connectivity index (χ4v) is 5.28. The Bertz CT molecular complexity index is 1020. The average Bonchev–Trinajstić information content (AvgIpc) is 3.10. The lowest BCUT2D eigenvalue weighted by molar-refractivity contribution is 0.201. The first-order valence-electron chi connectivity index (χ1n) is 11.1. The van der Waals surface area contributed by atoms with Crippen LogP contribution in [-0.4, -0.2) is 25.7 Å². The van der Waals surface area contributed by atoms with Gasteiger partial charge in [-0.3, -0.25) is 9.47 Å². The maximum atomic E-state index is 6.36. The summed E-state index contributed by atoms with van der Waals surface area (Å²) in [6, 6.07) is 17.6. The Morgan fingerprint density at radius 2 is 1.63 bits per heavy atom. The predicted octanol–water partition coefficient (Wildman–Crippen LogP) is 6.09. The lowest BCUT2D eigenvalue weighted by Gasteiger charge is -2.28. The van der Waals surface area contributed by atoms with Crippen LogP contribution in [0.1, 0.15) is 74.1 Å². The third kappa shape index (κ3) is 3.67. The molecule has 1 aliphatic heterocycles. The second-order valence-electron chi connectivity index (χ2n) is 9.04. The first-order chi connectivity index (χ1) is 14.6. The minimum absolute atomic E-state index is 0.435. The zero-order chi connectivity index (χ0) is 20.7. The van der Waals surface area contributed by atoms with Crippen molar-refractivity contribution in [3.63, 3.8) is 0 Å². The summed E-state index contributed by atoms with van der Waals surface area (Å²) in [6.45, 7) is 6.18. The highest BCUT2D eigenvalue weighted by atomic mass is 35.5. The molecule has 0 N–H and O–H groups in total. The molecule has 0 bridgehead atoms. The van der Waals surface area contributed by atoms with Crippen LogP contribution < -0.4 is 0 Å². The summed E-state index contributed by atoms with van der Waals surface area (Å²) in [7, 11) is 0. The van der Waals surface area contributed by atoms with Gasteiger partial charge in [-0.2, -0.15) is 0 Å². The van der Waals surface area contributed by atoms with Crippen molar-refractivity contribution in [2.75, 3.05) is 0 Å². The molecule has 5 heteroatoms. The molecule has 4 nitrogen and oxygen atoms in total. The van der Waals surface area contributed by atoms with E-state index < -0.39 is 0 Å². The van der Waals surface area contributed by atoms with Crippen LogP contribution in [0, 0.1) is 0 Å². The van der Waals surface area contributed by atoms with Crippen LogP contribution in [0.2, 0.25) is 5.02 Å². The van der Waals surface area contributed by atoms with Crippen LogP contribution >= 0.6 is 11.6 Å². The minimum Gasteiger partial charge on any atom is -0.289 e. The van der Waals surface area contributed by atoms with E-state index in [1.54, 1.807) is 0 Å². The highest BCUT2D eigenvalue weighted by molar-refractivity contribution is 6.30. The van der Waals surface area contributed by atoms with E-state index in [-0.39, 0.29) is 0 Å². The van der Waals surface area contributed by atoms with Gasteiger partial charge in [-0.05, 0) is 74.8 Å². The molecule has 0 unspecified atom stereocenters. The molecule has 1 aliphatic carbocycles. The summed E-state index contributed by atoms with van der Waals surface area (Å²) in [6.07, 6.45) is 4.74. The molecule has 2 heterocycles. The molecule has 2 aromatic carbocycles. The van der Waals surface area contributed by atoms with Gasteiger partial charge in [0.1, 0.15) is 5.82 Å². The molecule has 0 radical (unpaired) electrons. The third-order valence-corrected chi connectivity index (χ3v) is 7.08. The molecular weight excluding hydrogens is 392 g/mol. The van der Waals surface area contributed by atoms with Crippen molar-refractivity contribution in [3.05, 3.63) is 76.3 Å². The smallest absolute Gasteiger partial charge is 0.151 e. The molecule has 1 fully saturated rings. The van der Waals surface area contributed by atoms with Crippen LogP contribution in [0.5, 0.6) is 0 Å². The van der Waals surface area contributed by atoms with E-state index in [0.29, 0.717) is 17.9 Å². The van der Waals surface area contributed by atoms with Crippen LogP contribution in [-0.2, 0) is 13.1 Å². The summed E-state index contributed by atoms with van der Waals surface area (Å²) in [5.41, 5.74) is 3.93. The number of hydrogen-bond donors (Lipinski definition) is 0. The quantitative estimate of drug-likeness (QED) is 0.514. The molecule has 30 heavy (non-hydrogen) atoms. The van der Waals surface area contributed by atoms with E-state index in [4.69, 9.17) is 16.7 Å². The van der Waals surface area contributed by atoms with Crippen molar-refractivity contribution in [2.45, 2.75) is 70.5 Å². The summed E-state index contributed by atoms with van der Waals surface area (Å²) >= 11 is 6.36. The Balaban J connectivity index is 1.46. The molecule has 0 atom stereocenters. The Kier molecular flexibility index (Phi) is 5.38. The lowest BCUT2D eigenvalue weighted by atomic mass is 9.78. The fraction of sp³-hybridized carbons (Fsp3) is 0.440. The van der Waals surface area contributed by atoms with Gasteiger partial charge in [0, 0.05) is 23.5 Å². The zero-order valence-electron chi connectivity index (χ0n) is 17.8. The topological polar surface area (TPSA) is 34.0 Å². The highest BCUT2D eigenvalue weighted by Gasteiger charge is 2.31. The summed E-state index contributed by atoms with van der Waals surface area (Å²) in [5, 5.41) is 10.2. The Labute approximate surface area is 183 Å². The highest BCUT2D eigenvalue weighted by Crippen LogP contribution is 2.41. The van der Waals surface area contributed by atoms with E-state index >= 15 is 0 Å². The average molecular weight is 421 g/mol. The number of halogens is 1. The van der Waals surface area contributed by atoms with Crippen LogP contribution in [0.25, 0.3) is 5.69 Å². The van der Waals surface area contributed by atoms with E-state index in [9.17, 15) is 0 Å². The van der Waals surface area contributed by atoms with E-state index in [1.165, 1.54) is 29.7 Å². The van der Waals surface area contributed by atoms with E-state index in [0.717, 1.165) is 42.6 Å². The van der Waals surface area contributed by atoms with Crippen molar-refractivity contribution in [1.29, 1.82) is 0 Å². The maximum absolute atomic E-state index is 6.36. The number of nitrogens with zero attached hydrogens (tertiary/aromatic N) is 4. The van der Waals surface area contributed by atoms with Crippen molar-refractivity contribution < 1.29 is 0 Å². The standard InChI is InChI=1S/C25H29ClN4/c1-17(2)29-15-21-14-22(26)12-13-23(21)30-24(16-29)27-28-25(30)20-10-8-19(9-11-20)18-6-4-3-5-7-18/h3-7,12-14,17,19-20H,8-11,15-16H2,1-2H3/t19-,20-. The van der Waals surface area contributed by atoms with Gasteiger partial charge >= 0.3 is 0 Å². The maximum Gasteiger partial charge on any atom is 0.151 e. The van der Waals surface area contributed by atoms with Crippen molar-refractivity contribution in [2.24, 2.45) is 0 Å². The largest absolute Gasteiger partial charge is 0.289 e. The molecule has 0 saturated heterocycles. The molecule has 1 saturated carbocycles. The lowest BCUT2D eigenvalue weighted by Crippen LogP contribution is -2.29. The molecular formula is C25H29ClN4. The second-order valence-corrected chi connectivity index (χ2v) is 9.48. The van der Waals surface area contributed by atoms with Gasteiger partial charge in [-0.25, -0.2) is 0 Å². The van der Waals surface area contributed by atoms with Gasteiger partial charge in [0.25, 0.3) is 0 Å². The first-order valence-corrected chi connectivity index (χ1v) is 11.5. The van der Waals surface area contributed by atoms with Crippen molar-refractivity contribution in [3.8, 4) is 5.69 Å². The predicted molar refractivity (Wildman–Crippen MR) is 121 cm³/mol. The molecule has 2 aliphatic rings. The number of rotatable bonds is 3. The zero-order valence-corrected chi connectivity index (χ0v) is 18.5. The molecule has 5 rings (SSSR count). The van der Waals surface area contributed by atoms with Gasteiger partial charge < -0.3 is 0 Å². The van der Waals surface area contributed by atoms with Crippen LogP contribution in [0.4, 0.5) is 0 Å². The Morgan fingerprint density at radius 3 is 2.37 bits per heavy atom. The van der Waals surface area contributed by atoms with Gasteiger partial charge in [-0.15, -0.1) is 10.2 Å². The molecule has 1 aromatic heterocycles. The number of benzene rings is 2. The molecule has 156 valence electrons.